The Morgan fingerprint density at radius 1 is 1.00 bits per heavy atom. The van der Waals surface area contributed by atoms with Gasteiger partial charge in [-0.1, -0.05) is 12.1 Å². The van der Waals surface area contributed by atoms with Gasteiger partial charge in [-0.15, -0.1) is 0 Å². The topological polar surface area (TPSA) is 38.1 Å². The Labute approximate surface area is 94.9 Å². The highest BCUT2D eigenvalue weighted by Crippen LogP contribution is 2.07. The molecule has 0 aromatic carbocycles. The fourth-order valence-electron chi connectivity index (χ4n) is 1.23. The van der Waals surface area contributed by atoms with E-state index in [1.807, 2.05) is 38.1 Å². The van der Waals surface area contributed by atoms with E-state index in [9.17, 15) is 0 Å². The van der Waals surface area contributed by atoms with Crippen molar-refractivity contribution in [2.45, 2.75) is 13.8 Å². The molecule has 80 valence electrons. The Hall–Kier alpha value is -2.03. The highest BCUT2D eigenvalue weighted by molar-refractivity contribution is 5.80. The second-order valence-corrected chi connectivity index (χ2v) is 3.68. The lowest BCUT2D eigenvalue weighted by Crippen LogP contribution is -1.85. The second-order valence-electron chi connectivity index (χ2n) is 3.68. The average Bonchev–Trinajstić information content (AvgIpc) is 2.30. The van der Waals surface area contributed by atoms with Crippen molar-refractivity contribution in [3.05, 3.63) is 53.5 Å². The first-order chi connectivity index (χ1) is 7.74. The van der Waals surface area contributed by atoms with Crippen LogP contribution in [0.15, 0.2) is 41.7 Å². The zero-order valence-corrected chi connectivity index (χ0v) is 9.38. The van der Waals surface area contributed by atoms with Crippen LogP contribution in [0.3, 0.4) is 0 Å². The SMILES string of the molecule is Cc1ccc(N=Cc2ccc(C)nc2)nc1. The molecule has 3 heteroatoms. The van der Waals surface area contributed by atoms with Crippen molar-refractivity contribution < 1.29 is 0 Å². The molecule has 16 heavy (non-hydrogen) atoms. The smallest absolute Gasteiger partial charge is 0.151 e. The van der Waals surface area contributed by atoms with Gasteiger partial charge in [-0.25, -0.2) is 9.98 Å². The van der Waals surface area contributed by atoms with Crippen molar-refractivity contribution in [2.75, 3.05) is 0 Å². The number of nitrogens with zero attached hydrogens (tertiary/aromatic N) is 3. The minimum atomic E-state index is 0.714. The number of hydrogen-bond acceptors (Lipinski definition) is 3. The lowest BCUT2D eigenvalue weighted by molar-refractivity contribution is 1.19. The molecule has 2 aromatic rings. The Kier molecular flexibility index (Phi) is 3.05. The molecule has 3 nitrogen and oxygen atoms in total. The molecule has 0 aliphatic rings. The molecular formula is C13H13N3. The van der Waals surface area contributed by atoms with Crippen molar-refractivity contribution in [3.8, 4) is 0 Å². The van der Waals surface area contributed by atoms with Crippen molar-refractivity contribution in [1.29, 1.82) is 0 Å². The van der Waals surface area contributed by atoms with Gasteiger partial charge in [0, 0.05) is 29.9 Å². The minimum absolute atomic E-state index is 0.714. The molecule has 0 saturated carbocycles. The standard InChI is InChI=1S/C13H13N3/c1-10-3-6-13(15-7-10)16-9-12-5-4-11(2)14-8-12/h3-9H,1-2H3. The molecule has 0 spiro atoms. The molecular weight excluding hydrogens is 198 g/mol. The van der Waals surface area contributed by atoms with E-state index in [4.69, 9.17) is 0 Å². The van der Waals surface area contributed by atoms with Crippen LogP contribution in [0.1, 0.15) is 16.8 Å². The van der Waals surface area contributed by atoms with Gasteiger partial charge in [0.05, 0.1) is 0 Å². The van der Waals surface area contributed by atoms with Gasteiger partial charge in [0.1, 0.15) is 0 Å². The van der Waals surface area contributed by atoms with E-state index in [2.05, 4.69) is 15.0 Å². The van der Waals surface area contributed by atoms with Crippen LogP contribution in [0.5, 0.6) is 0 Å². The third-order valence-electron chi connectivity index (χ3n) is 2.18. The maximum absolute atomic E-state index is 4.27. The molecule has 2 heterocycles. The summed E-state index contributed by atoms with van der Waals surface area (Å²) in [5.74, 6) is 0.714. The van der Waals surface area contributed by atoms with Gasteiger partial charge >= 0.3 is 0 Å². The van der Waals surface area contributed by atoms with Gasteiger partial charge in [-0.3, -0.25) is 4.98 Å². The summed E-state index contributed by atoms with van der Waals surface area (Å²) in [5.41, 5.74) is 3.12. The maximum atomic E-state index is 4.27. The van der Waals surface area contributed by atoms with Gasteiger partial charge < -0.3 is 0 Å². The van der Waals surface area contributed by atoms with Crippen LogP contribution in [-0.4, -0.2) is 16.2 Å². The molecule has 0 N–H and O–H groups in total. The summed E-state index contributed by atoms with van der Waals surface area (Å²) in [4.78, 5) is 12.7. The Morgan fingerprint density at radius 2 is 1.88 bits per heavy atom. The number of pyridine rings is 2. The Bertz CT molecular complexity index is 436. The average molecular weight is 211 g/mol. The first-order valence-electron chi connectivity index (χ1n) is 5.13. The number of hydrogen-bond donors (Lipinski definition) is 0. The van der Waals surface area contributed by atoms with Crippen molar-refractivity contribution in [3.63, 3.8) is 0 Å². The van der Waals surface area contributed by atoms with Gasteiger partial charge in [0.2, 0.25) is 0 Å². The predicted molar refractivity (Wildman–Crippen MR) is 65.2 cm³/mol. The summed E-state index contributed by atoms with van der Waals surface area (Å²) in [5, 5.41) is 0. The molecule has 2 aromatic heterocycles. The largest absolute Gasteiger partial charge is 0.261 e. The van der Waals surface area contributed by atoms with E-state index in [0.717, 1.165) is 16.8 Å². The molecule has 0 unspecified atom stereocenters. The van der Waals surface area contributed by atoms with E-state index >= 15 is 0 Å². The highest BCUT2D eigenvalue weighted by atomic mass is 14.9. The van der Waals surface area contributed by atoms with E-state index in [0.29, 0.717) is 5.82 Å². The summed E-state index contributed by atoms with van der Waals surface area (Å²) in [7, 11) is 0. The fraction of sp³-hybridized carbons (Fsp3) is 0.154. The summed E-state index contributed by atoms with van der Waals surface area (Å²) in [6.45, 7) is 3.97. The first-order valence-corrected chi connectivity index (χ1v) is 5.13. The third kappa shape index (κ3) is 2.73. The molecule has 0 aliphatic carbocycles. The van der Waals surface area contributed by atoms with Crippen molar-refractivity contribution in [2.24, 2.45) is 4.99 Å². The zero-order valence-electron chi connectivity index (χ0n) is 9.38. The lowest BCUT2D eigenvalue weighted by atomic mass is 10.3. The van der Waals surface area contributed by atoms with Crippen LogP contribution in [0.25, 0.3) is 0 Å². The molecule has 0 atom stereocenters. The van der Waals surface area contributed by atoms with Crippen LogP contribution in [0.2, 0.25) is 0 Å². The molecule has 2 rings (SSSR count). The molecule has 0 aliphatic heterocycles. The van der Waals surface area contributed by atoms with E-state index in [1.165, 1.54) is 0 Å². The molecule has 0 amide bonds. The molecule has 0 radical (unpaired) electrons. The summed E-state index contributed by atoms with van der Waals surface area (Å²) in [6, 6.07) is 7.84. The Morgan fingerprint density at radius 3 is 2.50 bits per heavy atom. The van der Waals surface area contributed by atoms with Crippen LogP contribution in [0, 0.1) is 13.8 Å². The zero-order chi connectivity index (χ0) is 11.4. The summed E-state index contributed by atoms with van der Waals surface area (Å²) < 4.78 is 0. The normalized spacial score (nSPS) is 10.9. The fourth-order valence-corrected chi connectivity index (χ4v) is 1.23. The van der Waals surface area contributed by atoms with Crippen molar-refractivity contribution in [1.82, 2.24) is 9.97 Å². The lowest BCUT2D eigenvalue weighted by Gasteiger charge is -1.95. The number of rotatable bonds is 2. The Balaban J connectivity index is 2.15. The highest BCUT2D eigenvalue weighted by Gasteiger charge is 1.91. The first kappa shape index (κ1) is 10.5. The third-order valence-corrected chi connectivity index (χ3v) is 2.18. The monoisotopic (exact) mass is 211 g/mol. The number of aryl methyl sites for hydroxylation is 2. The van der Waals surface area contributed by atoms with Crippen molar-refractivity contribution >= 4 is 12.0 Å². The van der Waals surface area contributed by atoms with Gasteiger partial charge in [0.15, 0.2) is 5.82 Å². The van der Waals surface area contributed by atoms with Crippen LogP contribution in [-0.2, 0) is 0 Å². The van der Waals surface area contributed by atoms with Gasteiger partial charge in [0.25, 0.3) is 0 Å². The van der Waals surface area contributed by atoms with Crippen LogP contribution < -0.4 is 0 Å². The number of aliphatic imine (C=N–C) groups is 1. The molecule has 0 bridgehead atoms. The summed E-state index contributed by atoms with van der Waals surface area (Å²) in [6.07, 6.45) is 5.37. The second kappa shape index (κ2) is 4.66. The van der Waals surface area contributed by atoms with Crippen LogP contribution >= 0.6 is 0 Å². The van der Waals surface area contributed by atoms with Crippen LogP contribution in [0.4, 0.5) is 5.82 Å². The van der Waals surface area contributed by atoms with E-state index in [1.54, 1.807) is 18.6 Å². The van der Waals surface area contributed by atoms with E-state index in [-0.39, 0.29) is 0 Å². The molecule has 0 saturated heterocycles. The van der Waals surface area contributed by atoms with Gasteiger partial charge in [-0.05, 0) is 31.5 Å². The number of aromatic nitrogens is 2. The predicted octanol–water partition coefficient (Wildman–Crippen LogP) is 2.84. The maximum Gasteiger partial charge on any atom is 0.151 e. The molecule has 0 fully saturated rings. The van der Waals surface area contributed by atoms with E-state index < -0.39 is 0 Å². The van der Waals surface area contributed by atoms with Gasteiger partial charge in [-0.2, -0.15) is 0 Å². The minimum Gasteiger partial charge on any atom is -0.261 e. The quantitative estimate of drug-likeness (QED) is 0.716. The summed E-state index contributed by atoms with van der Waals surface area (Å²) >= 11 is 0.